The van der Waals surface area contributed by atoms with Crippen LogP contribution in [0.4, 0.5) is 10.7 Å². The maximum atomic E-state index is 11.4. The molecule has 0 aromatic carbocycles. The van der Waals surface area contributed by atoms with Crippen molar-refractivity contribution < 1.29 is 9.53 Å². The van der Waals surface area contributed by atoms with Crippen LogP contribution in [0.3, 0.4) is 0 Å². The molecule has 2 atom stereocenters. The number of anilines is 2. The number of nitrogen functional groups attached to an aromatic ring is 1. The summed E-state index contributed by atoms with van der Waals surface area (Å²) >= 11 is 1.40. The molecule has 2 fully saturated rings. The normalized spacial score (nSPS) is 25.9. The number of amides is 1. The van der Waals surface area contributed by atoms with Gasteiger partial charge in [0.2, 0.25) is 0 Å². The van der Waals surface area contributed by atoms with Crippen LogP contribution in [0.15, 0.2) is 0 Å². The molecule has 1 saturated heterocycles. The molecule has 2 heterocycles. The summed E-state index contributed by atoms with van der Waals surface area (Å²) < 4.78 is 5.58. The first-order valence-corrected chi connectivity index (χ1v) is 7.97. The molecule has 0 spiro atoms. The zero-order valence-electron chi connectivity index (χ0n) is 11.6. The lowest BCUT2D eigenvalue weighted by molar-refractivity contribution is 0.100. The largest absolute Gasteiger partial charge is 0.397 e. The predicted molar refractivity (Wildman–Crippen MR) is 81.2 cm³/mol. The number of primary amides is 1. The maximum absolute atomic E-state index is 11.4. The molecule has 110 valence electrons. The van der Waals surface area contributed by atoms with Gasteiger partial charge in [-0.05, 0) is 32.1 Å². The quantitative estimate of drug-likeness (QED) is 0.776. The van der Waals surface area contributed by atoms with Gasteiger partial charge in [-0.15, -0.1) is 11.3 Å². The summed E-state index contributed by atoms with van der Waals surface area (Å²) in [5.74, 6) is 0.585. The van der Waals surface area contributed by atoms with E-state index in [2.05, 4.69) is 12.2 Å². The van der Waals surface area contributed by atoms with Crippen LogP contribution in [0, 0.1) is 5.92 Å². The highest BCUT2D eigenvalue weighted by atomic mass is 32.1. The minimum Gasteiger partial charge on any atom is -0.397 e. The van der Waals surface area contributed by atoms with Gasteiger partial charge >= 0.3 is 0 Å². The Morgan fingerprint density at radius 3 is 2.75 bits per heavy atom. The van der Waals surface area contributed by atoms with Crippen LogP contribution in [-0.4, -0.2) is 25.2 Å². The fourth-order valence-electron chi connectivity index (χ4n) is 2.82. The first-order chi connectivity index (χ1) is 9.58. The highest BCUT2D eigenvalue weighted by Gasteiger charge is 2.33. The van der Waals surface area contributed by atoms with E-state index in [4.69, 9.17) is 16.2 Å². The average molecular weight is 295 g/mol. The van der Waals surface area contributed by atoms with Crippen molar-refractivity contribution in [1.29, 1.82) is 0 Å². The zero-order chi connectivity index (χ0) is 14.3. The van der Waals surface area contributed by atoms with Crippen molar-refractivity contribution in [2.75, 3.05) is 24.2 Å². The summed E-state index contributed by atoms with van der Waals surface area (Å²) in [6.07, 6.45) is 3.67. The van der Waals surface area contributed by atoms with Gasteiger partial charge < -0.3 is 21.5 Å². The Hall–Kier alpha value is -1.27. The highest BCUT2D eigenvalue weighted by molar-refractivity contribution is 7.18. The smallest absolute Gasteiger partial charge is 0.260 e. The predicted octanol–water partition coefficient (Wildman–Crippen LogP) is 2.14. The second kappa shape index (κ2) is 5.26. The van der Waals surface area contributed by atoms with Gasteiger partial charge in [0, 0.05) is 24.6 Å². The van der Waals surface area contributed by atoms with Crippen molar-refractivity contribution in [3.8, 4) is 0 Å². The van der Waals surface area contributed by atoms with Crippen LogP contribution in [0.25, 0.3) is 0 Å². The molecule has 1 aromatic rings. The van der Waals surface area contributed by atoms with Crippen molar-refractivity contribution in [3.63, 3.8) is 0 Å². The van der Waals surface area contributed by atoms with E-state index in [9.17, 15) is 4.79 Å². The Labute approximate surface area is 122 Å². The highest BCUT2D eigenvalue weighted by Crippen LogP contribution is 2.50. The Morgan fingerprint density at radius 1 is 1.45 bits per heavy atom. The third-order valence-corrected chi connectivity index (χ3v) is 5.44. The molecule has 0 bridgehead atoms. The second-order valence-electron chi connectivity index (χ2n) is 5.73. The van der Waals surface area contributed by atoms with Crippen molar-refractivity contribution in [1.82, 2.24) is 0 Å². The van der Waals surface area contributed by atoms with Gasteiger partial charge in [-0.1, -0.05) is 0 Å². The van der Waals surface area contributed by atoms with E-state index >= 15 is 0 Å². The van der Waals surface area contributed by atoms with Crippen LogP contribution in [0.1, 0.15) is 47.3 Å². The van der Waals surface area contributed by atoms with Gasteiger partial charge in [-0.2, -0.15) is 0 Å². The molecule has 2 unspecified atom stereocenters. The molecular formula is C14H21N3O2S. The van der Waals surface area contributed by atoms with Crippen molar-refractivity contribution >= 4 is 27.9 Å². The Balaban J connectivity index is 1.77. The van der Waals surface area contributed by atoms with Crippen LogP contribution in [-0.2, 0) is 4.74 Å². The third kappa shape index (κ3) is 2.50. The molecule has 1 aliphatic heterocycles. The summed E-state index contributed by atoms with van der Waals surface area (Å²) in [4.78, 5) is 11.9. The monoisotopic (exact) mass is 295 g/mol. The number of hydrogen-bond acceptors (Lipinski definition) is 5. The molecule has 2 aliphatic rings. The molecule has 5 N–H and O–H groups in total. The number of nitrogens with two attached hydrogens (primary N) is 2. The average Bonchev–Trinajstić information content (AvgIpc) is 3.06. The summed E-state index contributed by atoms with van der Waals surface area (Å²) in [5, 5.41) is 4.50. The number of ether oxygens (including phenoxy) is 1. The minimum absolute atomic E-state index is 0.291. The number of nitrogens with one attached hydrogen (secondary N) is 1. The molecule has 1 aromatic heterocycles. The van der Waals surface area contributed by atoms with Gasteiger partial charge in [0.25, 0.3) is 5.91 Å². The SMILES string of the molecule is CC1OCCC1CNc1sc(C(N)=O)c(N)c1C1CC1. The first kappa shape index (κ1) is 13.7. The van der Waals surface area contributed by atoms with E-state index in [0.29, 0.717) is 28.5 Å². The Morgan fingerprint density at radius 2 is 2.20 bits per heavy atom. The summed E-state index contributed by atoms with van der Waals surface area (Å²) in [6.45, 7) is 3.81. The number of thiophene rings is 1. The van der Waals surface area contributed by atoms with Gasteiger partial charge in [0.05, 0.1) is 16.8 Å². The summed E-state index contributed by atoms with van der Waals surface area (Å²) in [5.41, 5.74) is 13.2. The molecular weight excluding hydrogens is 274 g/mol. The molecule has 1 saturated carbocycles. The lowest BCUT2D eigenvalue weighted by Crippen LogP contribution is -2.20. The van der Waals surface area contributed by atoms with E-state index in [-0.39, 0.29) is 0 Å². The van der Waals surface area contributed by atoms with Crippen molar-refractivity contribution in [2.45, 2.75) is 38.2 Å². The summed E-state index contributed by atoms with van der Waals surface area (Å²) in [7, 11) is 0. The van der Waals surface area contributed by atoms with E-state index in [1.807, 2.05) is 0 Å². The van der Waals surface area contributed by atoms with Gasteiger partial charge in [-0.25, -0.2) is 0 Å². The molecule has 20 heavy (non-hydrogen) atoms. The number of carbonyl (C=O) groups is 1. The molecule has 0 radical (unpaired) electrons. The van der Waals surface area contributed by atoms with Crippen molar-refractivity contribution in [2.24, 2.45) is 11.7 Å². The first-order valence-electron chi connectivity index (χ1n) is 7.15. The van der Waals surface area contributed by atoms with E-state index < -0.39 is 5.91 Å². The topological polar surface area (TPSA) is 90.4 Å². The second-order valence-corrected chi connectivity index (χ2v) is 6.75. The van der Waals surface area contributed by atoms with E-state index in [0.717, 1.165) is 43.0 Å². The van der Waals surface area contributed by atoms with Gasteiger partial charge in [-0.3, -0.25) is 4.79 Å². The lowest BCUT2D eigenvalue weighted by Gasteiger charge is -2.15. The summed E-state index contributed by atoms with van der Waals surface area (Å²) in [6, 6.07) is 0. The third-order valence-electron chi connectivity index (χ3n) is 4.25. The minimum atomic E-state index is -0.431. The lowest BCUT2D eigenvalue weighted by atomic mass is 10.0. The fourth-order valence-corrected chi connectivity index (χ4v) is 3.88. The van der Waals surface area contributed by atoms with Crippen LogP contribution >= 0.6 is 11.3 Å². The van der Waals surface area contributed by atoms with Gasteiger partial charge in [0.1, 0.15) is 4.88 Å². The van der Waals surface area contributed by atoms with E-state index in [1.54, 1.807) is 0 Å². The molecule has 5 nitrogen and oxygen atoms in total. The molecule has 1 amide bonds. The zero-order valence-corrected chi connectivity index (χ0v) is 12.5. The van der Waals surface area contributed by atoms with Crippen LogP contribution in [0.5, 0.6) is 0 Å². The standard InChI is InChI=1S/C14H21N3O2S/c1-7-9(4-5-19-7)6-17-14-10(8-2-3-8)11(15)12(20-14)13(16)18/h7-9,17H,2-6,15H2,1H3,(H2,16,18). The maximum Gasteiger partial charge on any atom is 0.260 e. The molecule has 1 aliphatic carbocycles. The van der Waals surface area contributed by atoms with Crippen molar-refractivity contribution in [3.05, 3.63) is 10.4 Å². The Kier molecular flexibility index (Phi) is 3.60. The van der Waals surface area contributed by atoms with Crippen LogP contribution in [0.2, 0.25) is 0 Å². The number of hydrogen-bond donors (Lipinski definition) is 3. The number of carbonyl (C=O) groups excluding carboxylic acids is 1. The van der Waals surface area contributed by atoms with Gasteiger partial charge in [0.15, 0.2) is 0 Å². The molecule has 6 heteroatoms. The fraction of sp³-hybridized carbons (Fsp3) is 0.643. The Bertz CT molecular complexity index is 525. The van der Waals surface area contributed by atoms with Crippen LogP contribution < -0.4 is 16.8 Å². The van der Waals surface area contributed by atoms with E-state index in [1.165, 1.54) is 11.3 Å². The number of rotatable bonds is 5. The molecule has 3 rings (SSSR count).